The lowest BCUT2D eigenvalue weighted by atomic mass is 10.2. The van der Waals surface area contributed by atoms with Crippen molar-refractivity contribution in [2.45, 2.75) is 13.8 Å². The second-order valence-corrected chi connectivity index (χ2v) is 7.46. The van der Waals surface area contributed by atoms with Crippen LogP contribution in [-0.4, -0.2) is 20.7 Å². The van der Waals surface area contributed by atoms with Gasteiger partial charge in [0.15, 0.2) is 5.82 Å². The van der Waals surface area contributed by atoms with Crippen LogP contribution in [-0.2, 0) is 7.05 Å². The molecule has 4 rings (SSSR count). The summed E-state index contributed by atoms with van der Waals surface area (Å²) >= 11 is 1.64. The van der Waals surface area contributed by atoms with Crippen LogP contribution in [0, 0.1) is 25.2 Å². The molecule has 0 aliphatic heterocycles. The van der Waals surface area contributed by atoms with E-state index in [1.165, 1.54) is 0 Å². The number of hydrogen-bond donors (Lipinski definition) is 1. The molecule has 0 saturated carbocycles. The molecule has 0 saturated heterocycles. The summed E-state index contributed by atoms with van der Waals surface area (Å²) in [6.07, 6.45) is 1.71. The molecule has 0 atom stereocenters. The zero-order chi connectivity index (χ0) is 19.7. The molecule has 1 N–H and O–H groups in total. The topological polar surface area (TPSA) is 78.9 Å². The standard InChI is InChI=1S/C21H18N6S/c1-13-16(9-17(11-22)27(13)3)12-23-26-20-18-10-19(15-7-5-4-6-8-15)28-21(18)25-14(2)24-20/h4-10,12H,1-3H3,(H,24,25,26). The van der Waals surface area contributed by atoms with Crippen molar-refractivity contribution < 1.29 is 0 Å². The molecule has 28 heavy (non-hydrogen) atoms. The monoisotopic (exact) mass is 386 g/mol. The lowest BCUT2D eigenvalue weighted by Gasteiger charge is -2.02. The van der Waals surface area contributed by atoms with Gasteiger partial charge in [-0.2, -0.15) is 10.4 Å². The first-order valence-corrected chi connectivity index (χ1v) is 9.57. The number of hydrogen-bond acceptors (Lipinski definition) is 6. The number of thiophene rings is 1. The Kier molecular flexibility index (Phi) is 4.63. The van der Waals surface area contributed by atoms with Crippen LogP contribution in [0.2, 0.25) is 0 Å². The third-order valence-corrected chi connectivity index (χ3v) is 5.70. The number of nitrogens with zero attached hydrogens (tertiary/aromatic N) is 5. The highest BCUT2D eigenvalue weighted by Gasteiger charge is 2.11. The second kappa shape index (κ2) is 7.25. The van der Waals surface area contributed by atoms with Gasteiger partial charge in [0.05, 0.1) is 11.6 Å². The first kappa shape index (κ1) is 17.9. The second-order valence-electron chi connectivity index (χ2n) is 6.43. The van der Waals surface area contributed by atoms with Crippen molar-refractivity contribution in [2.24, 2.45) is 12.1 Å². The number of aromatic nitrogens is 3. The summed E-state index contributed by atoms with van der Waals surface area (Å²) in [6, 6.07) is 16.3. The van der Waals surface area contributed by atoms with Crippen LogP contribution in [0.25, 0.3) is 20.7 Å². The number of rotatable bonds is 4. The number of anilines is 1. The highest BCUT2D eigenvalue weighted by atomic mass is 32.1. The van der Waals surface area contributed by atoms with Gasteiger partial charge >= 0.3 is 0 Å². The molecule has 1 aromatic carbocycles. The van der Waals surface area contributed by atoms with Crippen molar-refractivity contribution in [3.63, 3.8) is 0 Å². The minimum atomic E-state index is 0.601. The Morgan fingerprint density at radius 2 is 1.96 bits per heavy atom. The van der Waals surface area contributed by atoms with Crippen molar-refractivity contribution in [3.05, 3.63) is 65.2 Å². The Labute approximate surface area is 166 Å². The summed E-state index contributed by atoms with van der Waals surface area (Å²) in [5.74, 6) is 1.36. The van der Waals surface area contributed by atoms with Crippen molar-refractivity contribution in [1.82, 2.24) is 14.5 Å². The first-order valence-electron chi connectivity index (χ1n) is 8.76. The molecule has 7 heteroatoms. The van der Waals surface area contributed by atoms with Gasteiger partial charge in [-0.05, 0) is 31.5 Å². The normalized spacial score (nSPS) is 11.2. The van der Waals surface area contributed by atoms with Crippen LogP contribution in [0.1, 0.15) is 22.8 Å². The summed E-state index contributed by atoms with van der Waals surface area (Å²) < 4.78 is 1.85. The predicted octanol–water partition coefficient (Wildman–Crippen LogP) is 4.63. The smallest absolute Gasteiger partial charge is 0.158 e. The largest absolute Gasteiger partial charge is 0.339 e. The molecular formula is C21H18N6S. The molecule has 0 unspecified atom stereocenters. The minimum absolute atomic E-state index is 0.601. The average molecular weight is 386 g/mol. The van der Waals surface area contributed by atoms with E-state index < -0.39 is 0 Å². The van der Waals surface area contributed by atoms with Crippen LogP contribution in [0.5, 0.6) is 0 Å². The number of nitrogens with one attached hydrogen (secondary N) is 1. The summed E-state index contributed by atoms with van der Waals surface area (Å²) in [7, 11) is 1.87. The molecular weight excluding hydrogens is 368 g/mol. The fourth-order valence-electron chi connectivity index (χ4n) is 2.98. The first-order chi connectivity index (χ1) is 13.6. The maximum absolute atomic E-state index is 9.16. The number of fused-ring (bicyclic) bond motifs is 1. The SMILES string of the molecule is Cc1nc(NN=Cc2cc(C#N)n(C)c2C)c2cc(-c3ccccc3)sc2n1. The molecule has 0 bridgehead atoms. The number of hydrazone groups is 1. The lowest BCUT2D eigenvalue weighted by molar-refractivity contribution is 0.865. The molecule has 0 radical (unpaired) electrons. The van der Waals surface area contributed by atoms with Crippen molar-refractivity contribution in [2.75, 3.05) is 5.43 Å². The molecule has 0 aliphatic rings. The molecule has 0 amide bonds. The van der Waals surface area contributed by atoms with E-state index in [2.05, 4.69) is 44.8 Å². The van der Waals surface area contributed by atoms with Gasteiger partial charge in [0.2, 0.25) is 0 Å². The maximum atomic E-state index is 9.16. The van der Waals surface area contributed by atoms with Crippen LogP contribution in [0.4, 0.5) is 5.82 Å². The van der Waals surface area contributed by atoms with Gasteiger partial charge in [-0.15, -0.1) is 11.3 Å². The number of nitriles is 1. The zero-order valence-electron chi connectivity index (χ0n) is 15.8. The van der Waals surface area contributed by atoms with E-state index in [0.29, 0.717) is 17.3 Å². The van der Waals surface area contributed by atoms with Gasteiger partial charge in [-0.25, -0.2) is 9.97 Å². The third-order valence-electron chi connectivity index (χ3n) is 4.63. The van der Waals surface area contributed by atoms with Gasteiger partial charge in [0.25, 0.3) is 0 Å². The van der Waals surface area contributed by atoms with Crippen molar-refractivity contribution in [1.29, 1.82) is 5.26 Å². The summed E-state index contributed by atoms with van der Waals surface area (Å²) in [5, 5.41) is 14.4. The summed E-state index contributed by atoms with van der Waals surface area (Å²) in [5.41, 5.74) is 6.68. The lowest BCUT2D eigenvalue weighted by Crippen LogP contribution is -1.98. The fraction of sp³-hybridized carbons (Fsp3) is 0.143. The van der Waals surface area contributed by atoms with Gasteiger partial charge < -0.3 is 4.57 Å². The van der Waals surface area contributed by atoms with Gasteiger partial charge in [-0.3, -0.25) is 5.43 Å². The van der Waals surface area contributed by atoms with E-state index >= 15 is 0 Å². The van der Waals surface area contributed by atoms with Crippen molar-refractivity contribution in [3.8, 4) is 16.5 Å². The Morgan fingerprint density at radius 3 is 2.68 bits per heavy atom. The van der Waals surface area contributed by atoms with E-state index in [1.807, 2.05) is 49.7 Å². The highest BCUT2D eigenvalue weighted by molar-refractivity contribution is 7.21. The van der Waals surface area contributed by atoms with E-state index in [9.17, 15) is 0 Å². The third kappa shape index (κ3) is 3.26. The van der Waals surface area contributed by atoms with Gasteiger partial charge in [-0.1, -0.05) is 30.3 Å². The Bertz CT molecular complexity index is 1230. The quantitative estimate of drug-likeness (QED) is 0.410. The molecule has 0 fully saturated rings. The van der Waals surface area contributed by atoms with E-state index in [-0.39, 0.29) is 0 Å². The summed E-state index contributed by atoms with van der Waals surface area (Å²) in [4.78, 5) is 11.1. The Balaban J connectivity index is 1.67. The summed E-state index contributed by atoms with van der Waals surface area (Å²) in [6.45, 7) is 3.83. The fourth-order valence-corrected chi connectivity index (χ4v) is 4.06. The molecule has 3 heterocycles. The molecule has 0 spiro atoms. The van der Waals surface area contributed by atoms with E-state index in [1.54, 1.807) is 17.6 Å². The average Bonchev–Trinajstić information content (AvgIpc) is 3.25. The van der Waals surface area contributed by atoms with Crippen LogP contribution in [0.15, 0.2) is 47.6 Å². The van der Waals surface area contributed by atoms with Crippen LogP contribution < -0.4 is 5.43 Å². The highest BCUT2D eigenvalue weighted by Crippen LogP contribution is 2.35. The van der Waals surface area contributed by atoms with E-state index in [4.69, 9.17) is 5.26 Å². The van der Waals surface area contributed by atoms with Gasteiger partial charge in [0, 0.05) is 23.2 Å². The van der Waals surface area contributed by atoms with Crippen molar-refractivity contribution >= 4 is 33.6 Å². The molecule has 138 valence electrons. The molecule has 0 aliphatic carbocycles. The molecule has 3 aromatic heterocycles. The van der Waals surface area contributed by atoms with Crippen LogP contribution in [0.3, 0.4) is 0 Å². The Hall–Kier alpha value is -3.50. The Morgan fingerprint density at radius 1 is 1.18 bits per heavy atom. The molecule has 6 nitrogen and oxygen atoms in total. The minimum Gasteiger partial charge on any atom is -0.339 e. The predicted molar refractivity (Wildman–Crippen MR) is 114 cm³/mol. The van der Waals surface area contributed by atoms with Crippen LogP contribution >= 0.6 is 11.3 Å². The zero-order valence-corrected chi connectivity index (χ0v) is 16.6. The van der Waals surface area contributed by atoms with Gasteiger partial charge in [0.1, 0.15) is 22.4 Å². The number of aryl methyl sites for hydroxylation is 1. The number of benzene rings is 1. The molecule has 4 aromatic rings. The maximum Gasteiger partial charge on any atom is 0.158 e. The van der Waals surface area contributed by atoms with E-state index in [0.717, 1.165) is 31.9 Å².